The van der Waals surface area contributed by atoms with E-state index < -0.39 is 11.4 Å². The number of ether oxygens (including phenoxy) is 2. The zero-order valence-corrected chi connectivity index (χ0v) is 14.8. The van der Waals surface area contributed by atoms with Gasteiger partial charge in [0.2, 0.25) is 11.4 Å². The zero-order valence-electron chi connectivity index (χ0n) is 14.8. The molecule has 6 nitrogen and oxygen atoms in total. The summed E-state index contributed by atoms with van der Waals surface area (Å²) in [5, 5.41) is 8.65. The van der Waals surface area contributed by atoms with Crippen LogP contribution in [0.2, 0.25) is 0 Å². The number of nitrogens with zero attached hydrogens (tertiary/aromatic N) is 2. The first-order chi connectivity index (χ1) is 10.3. The van der Waals surface area contributed by atoms with Gasteiger partial charge in [0.1, 0.15) is 0 Å². The Hall–Kier alpha value is -1.46. The molecule has 0 saturated heterocycles. The van der Waals surface area contributed by atoms with Gasteiger partial charge in [-0.15, -0.1) is 10.2 Å². The average Bonchev–Trinajstić information content (AvgIpc) is 2.44. The van der Waals surface area contributed by atoms with E-state index in [1.807, 2.05) is 27.7 Å². The molecule has 0 radical (unpaired) electrons. The summed E-state index contributed by atoms with van der Waals surface area (Å²) in [5.41, 5.74) is -1.95. The van der Waals surface area contributed by atoms with Gasteiger partial charge in [-0.25, -0.2) is 0 Å². The van der Waals surface area contributed by atoms with Gasteiger partial charge in [-0.1, -0.05) is 40.5 Å². The van der Waals surface area contributed by atoms with E-state index in [9.17, 15) is 9.59 Å². The van der Waals surface area contributed by atoms with E-state index in [-0.39, 0.29) is 11.9 Å². The Bertz CT molecular complexity index is 362. The quantitative estimate of drug-likeness (QED) is 0.443. The highest BCUT2D eigenvalue weighted by Crippen LogP contribution is 2.30. The largest absolute Gasteiger partial charge is 0.436 e. The third-order valence-electron chi connectivity index (χ3n) is 3.47. The van der Waals surface area contributed by atoms with Gasteiger partial charge in [-0.2, -0.15) is 0 Å². The Balaban J connectivity index is 5.52. The lowest BCUT2D eigenvalue weighted by Crippen LogP contribution is -2.35. The summed E-state index contributed by atoms with van der Waals surface area (Å²) < 4.78 is 10.8. The second kappa shape index (κ2) is 9.54. The second-order valence-corrected chi connectivity index (χ2v) is 5.49. The molecule has 2 atom stereocenters. The summed E-state index contributed by atoms with van der Waals surface area (Å²) in [6.45, 7) is 10.5. The normalized spacial score (nSPS) is 16.8. The van der Waals surface area contributed by atoms with E-state index in [0.29, 0.717) is 25.7 Å². The summed E-state index contributed by atoms with van der Waals surface area (Å²) >= 11 is 0. The first-order valence-electron chi connectivity index (χ1n) is 8.11. The van der Waals surface area contributed by atoms with Crippen molar-refractivity contribution in [2.75, 3.05) is 0 Å². The minimum Gasteiger partial charge on any atom is -0.436 e. The molecule has 22 heavy (non-hydrogen) atoms. The highest BCUT2D eigenvalue weighted by atomic mass is 16.6. The molecule has 0 aromatic heterocycles. The van der Waals surface area contributed by atoms with E-state index >= 15 is 0 Å². The van der Waals surface area contributed by atoms with Crippen LogP contribution in [-0.4, -0.2) is 23.4 Å². The van der Waals surface area contributed by atoms with E-state index in [0.717, 1.165) is 12.8 Å². The van der Waals surface area contributed by atoms with Crippen molar-refractivity contribution in [2.24, 2.45) is 10.2 Å². The molecule has 0 rings (SSSR count). The predicted octanol–water partition coefficient (Wildman–Crippen LogP) is 4.38. The fraction of sp³-hybridized carbons (Fsp3) is 0.875. The standard InChI is InChI=1S/C16H30N2O4/c1-7-11-15(9-3,21-13(5)19)17-18-16(10-4,12-8-2)22-14(6)20/h7-12H2,1-6H3. The van der Waals surface area contributed by atoms with Crippen molar-refractivity contribution in [1.82, 2.24) is 0 Å². The van der Waals surface area contributed by atoms with Crippen molar-refractivity contribution in [3.05, 3.63) is 0 Å². The third kappa shape index (κ3) is 6.54. The molecule has 0 spiro atoms. The average molecular weight is 314 g/mol. The molecule has 0 amide bonds. The van der Waals surface area contributed by atoms with Crippen molar-refractivity contribution >= 4 is 11.9 Å². The Kier molecular flexibility index (Phi) is 8.90. The number of azo groups is 1. The van der Waals surface area contributed by atoms with Gasteiger partial charge in [0.05, 0.1) is 0 Å². The molecule has 0 saturated carbocycles. The van der Waals surface area contributed by atoms with Crippen LogP contribution in [-0.2, 0) is 19.1 Å². The van der Waals surface area contributed by atoms with E-state index in [1.165, 1.54) is 13.8 Å². The van der Waals surface area contributed by atoms with Crippen LogP contribution in [0.4, 0.5) is 0 Å². The van der Waals surface area contributed by atoms with Crippen LogP contribution >= 0.6 is 0 Å². The van der Waals surface area contributed by atoms with Gasteiger partial charge in [0.25, 0.3) is 0 Å². The van der Waals surface area contributed by atoms with Gasteiger partial charge in [0.15, 0.2) is 0 Å². The Labute approximate surface area is 133 Å². The van der Waals surface area contributed by atoms with Crippen molar-refractivity contribution in [3.63, 3.8) is 0 Å². The highest BCUT2D eigenvalue weighted by Gasteiger charge is 2.35. The van der Waals surface area contributed by atoms with Crippen LogP contribution in [0.3, 0.4) is 0 Å². The molecule has 0 aliphatic heterocycles. The number of carbonyl (C=O) groups is 2. The summed E-state index contributed by atoms with van der Waals surface area (Å²) in [6, 6.07) is 0. The van der Waals surface area contributed by atoms with Gasteiger partial charge < -0.3 is 9.47 Å². The van der Waals surface area contributed by atoms with Gasteiger partial charge in [-0.3, -0.25) is 9.59 Å². The molecule has 0 aromatic rings. The molecule has 2 unspecified atom stereocenters. The lowest BCUT2D eigenvalue weighted by atomic mass is 10.0. The fourth-order valence-electron chi connectivity index (χ4n) is 2.38. The third-order valence-corrected chi connectivity index (χ3v) is 3.47. The number of rotatable bonds is 10. The fourth-order valence-corrected chi connectivity index (χ4v) is 2.38. The van der Waals surface area contributed by atoms with Crippen molar-refractivity contribution in [2.45, 2.75) is 91.5 Å². The summed E-state index contributed by atoms with van der Waals surface area (Å²) in [6.07, 6.45) is 3.82. The monoisotopic (exact) mass is 314 g/mol. The number of hydrogen-bond donors (Lipinski definition) is 0. The number of hydrogen-bond acceptors (Lipinski definition) is 6. The lowest BCUT2D eigenvalue weighted by Gasteiger charge is -2.30. The van der Waals surface area contributed by atoms with Gasteiger partial charge >= 0.3 is 11.9 Å². The van der Waals surface area contributed by atoms with Crippen molar-refractivity contribution in [1.29, 1.82) is 0 Å². The molecular weight excluding hydrogens is 284 g/mol. The molecule has 0 N–H and O–H groups in total. The first-order valence-corrected chi connectivity index (χ1v) is 8.11. The van der Waals surface area contributed by atoms with Crippen molar-refractivity contribution in [3.8, 4) is 0 Å². The highest BCUT2D eigenvalue weighted by molar-refractivity contribution is 5.66. The SMILES string of the molecule is CCCC(CC)(N=NC(CC)(CCC)OC(C)=O)OC(C)=O. The van der Waals surface area contributed by atoms with E-state index in [4.69, 9.17) is 9.47 Å². The Morgan fingerprint density at radius 3 is 1.27 bits per heavy atom. The molecule has 0 aromatic carbocycles. The maximum atomic E-state index is 11.4. The number of carbonyl (C=O) groups excluding carboxylic acids is 2. The molecule has 128 valence electrons. The smallest absolute Gasteiger partial charge is 0.304 e. The van der Waals surface area contributed by atoms with Crippen LogP contribution < -0.4 is 0 Å². The Morgan fingerprint density at radius 2 is 1.09 bits per heavy atom. The maximum Gasteiger partial charge on any atom is 0.304 e. The molecule has 0 aliphatic carbocycles. The summed E-state index contributed by atoms with van der Waals surface area (Å²) in [4.78, 5) is 22.8. The van der Waals surface area contributed by atoms with Crippen LogP contribution in [0.1, 0.15) is 80.1 Å². The topological polar surface area (TPSA) is 77.3 Å². The predicted molar refractivity (Wildman–Crippen MR) is 84.2 cm³/mol. The van der Waals surface area contributed by atoms with E-state index in [1.54, 1.807) is 0 Å². The molecule has 6 heteroatoms. The molecule has 0 fully saturated rings. The van der Waals surface area contributed by atoms with Gasteiger partial charge in [-0.05, 0) is 0 Å². The molecule has 0 bridgehead atoms. The first kappa shape index (κ1) is 20.5. The maximum absolute atomic E-state index is 11.4. The van der Waals surface area contributed by atoms with Crippen LogP contribution in [0.25, 0.3) is 0 Å². The summed E-state index contributed by atoms with van der Waals surface area (Å²) in [7, 11) is 0. The second-order valence-electron chi connectivity index (χ2n) is 5.49. The van der Waals surface area contributed by atoms with Crippen LogP contribution in [0, 0.1) is 0 Å². The summed E-state index contributed by atoms with van der Waals surface area (Å²) in [5.74, 6) is -0.779. The zero-order chi connectivity index (χ0) is 17.2. The van der Waals surface area contributed by atoms with E-state index in [2.05, 4.69) is 10.2 Å². The molecule has 0 heterocycles. The minimum atomic E-state index is -0.977. The minimum absolute atomic E-state index is 0.390. The lowest BCUT2D eigenvalue weighted by molar-refractivity contribution is -0.164. The number of esters is 2. The van der Waals surface area contributed by atoms with Crippen molar-refractivity contribution < 1.29 is 19.1 Å². The van der Waals surface area contributed by atoms with Crippen LogP contribution in [0.15, 0.2) is 10.2 Å². The molecular formula is C16H30N2O4. The van der Waals surface area contributed by atoms with Crippen LogP contribution in [0.5, 0.6) is 0 Å². The van der Waals surface area contributed by atoms with Gasteiger partial charge in [0, 0.05) is 39.5 Å². The molecule has 0 aliphatic rings. The Morgan fingerprint density at radius 1 is 0.773 bits per heavy atom.